The summed E-state index contributed by atoms with van der Waals surface area (Å²) in [4.78, 5) is 39.2. The van der Waals surface area contributed by atoms with Gasteiger partial charge in [-0.05, 0) is 24.3 Å². The molecule has 0 saturated carbocycles. The molecule has 25 heavy (non-hydrogen) atoms. The Balaban J connectivity index is 2.29. The molecule has 1 aromatic carbocycles. The summed E-state index contributed by atoms with van der Waals surface area (Å²) in [5.41, 5.74) is 5.87. The number of primary amides is 1. The summed E-state index contributed by atoms with van der Waals surface area (Å²) in [5.74, 6) is -2.23. The number of azo groups is 1. The lowest BCUT2D eigenvalue weighted by atomic mass is 10.1. The molecule has 128 valence electrons. The van der Waals surface area contributed by atoms with Gasteiger partial charge in [-0.3, -0.25) is 19.4 Å². The van der Waals surface area contributed by atoms with Crippen molar-refractivity contribution in [1.29, 1.82) is 0 Å². The summed E-state index contributed by atoms with van der Waals surface area (Å²) in [5, 5.41) is 9.80. The van der Waals surface area contributed by atoms with Crippen LogP contribution >= 0.6 is 11.6 Å². The number of pyridine rings is 1. The maximum absolute atomic E-state index is 12.5. The molecule has 1 heterocycles. The molecule has 9 heteroatoms. The number of aromatic nitrogens is 1. The van der Waals surface area contributed by atoms with Gasteiger partial charge in [0.25, 0.3) is 5.91 Å². The number of benzene rings is 1. The van der Waals surface area contributed by atoms with E-state index in [1.54, 1.807) is 42.5 Å². The number of hydrogen-bond acceptors (Lipinski definition) is 6. The maximum atomic E-state index is 12.5. The minimum Gasteiger partial charge on any atom is -0.366 e. The SMILES string of the molecule is NC(=O)C(N=Nc1ccccc1C(=O)c1ccccn1)NC(=O)CCl. The zero-order chi connectivity index (χ0) is 18.2. The quantitative estimate of drug-likeness (QED) is 0.441. The molecule has 0 saturated heterocycles. The lowest BCUT2D eigenvalue weighted by Gasteiger charge is -2.09. The molecule has 2 aromatic rings. The Morgan fingerprint density at radius 2 is 1.88 bits per heavy atom. The van der Waals surface area contributed by atoms with Crippen LogP contribution in [0.4, 0.5) is 5.69 Å². The highest BCUT2D eigenvalue weighted by molar-refractivity contribution is 6.27. The van der Waals surface area contributed by atoms with Crippen molar-refractivity contribution < 1.29 is 14.4 Å². The molecular weight excluding hydrogens is 346 g/mol. The van der Waals surface area contributed by atoms with Crippen LogP contribution in [0.1, 0.15) is 16.1 Å². The molecule has 0 radical (unpaired) electrons. The van der Waals surface area contributed by atoms with Crippen molar-refractivity contribution in [2.45, 2.75) is 6.17 Å². The summed E-state index contributed by atoms with van der Waals surface area (Å²) in [6, 6.07) is 11.4. The van der Waals surface area contributed by atoms with Crippen molar-refractivity contribution in [2.75, 3.05) is 5.88 Å². The van der Waals surface area contributed by atoms with E-state index in [1.807, 2.05) is 0 Å². The number of alkyl halides is 1. The van der Waals surface area contributed by atoms with Gasteiger partial charge in [-0.2, -0.15) is 10.2 Å². The first-order valence-electron chi connectivity index (χ1n) is 7.13. The number of ketones is 1. The van der Waals surface area contributed by atoms with Crippen LogP contribution in [-0.4, -0.2) is 34.6 Å². The molecular formula is C16H14ClN5O3. The van der Waals surface area contributed by atoms with Crippen molar-refractivity contribution in [3.05, 3.63) is 59.9 Å². The standard InChI is InChI=1S/C16H14ClN5O3/c17-9-13(23)20-16(15(18)25)22-21-11-6-2-1-5-10(11)14(24)12-7-3-4-8-19-12/h1-8,16H,9H2,(H2,18,25)(H,20,23). The predicted octanol–water partition coefficient (Wildman–Crippen LogP) is 1.56. The van der Waals surface area contributed by atoms with Gasteiger partial charge in [0.15, 0.2) is 0 Å². The van der Waals surface area contributed by atoms with Gasteiger partial charge in [0.05, 0.1) is 11.3 Å². The van der Waals surface area contributed by atoms with E-state index in [1.165, 1.54) is 6.20 Å². The van der Waals surface area contributed by atoms with E-state index in [9.17, 15) is 14.4 Å². The first kappa shape index (κ1) is 18.2. The van der Waals surface area contributed by atoms with E-state index in [-0.39, 0.29) is 28.6 Å². The van der Waals surface area contributed by atoms with Crippen molar-refractivity contribution in [2.24, 2.45) is 16.0 Å². The first-order valence-corrected chi connectivity index (χ1v) is 7.66. The van der Waals surface area contributed by atoms with Crippen LogP contribution < -0.4 is 11.1 Å². The molecule has 1 atom stereocenters. The van der Waals surface area contributed by atoms with Crippen LogP contribution in [0.25, 0.3) is 0 Å². The van der Waals surface area contributed by atoms with Crippen LogP contribution in [0, 0.1) is 0 Å². The number of nitrogens with one attached hydrogen (secondary N) is 1. The van der Waals surface area contributed by atoms with Gasteiger partial charge in [-0.15, -0.1) is 11.6 Å². The lowest BCUT2D eigenvalue weighted by molar-refractivity contribution is -0.125. The second-order valence-electron chi connectivity index (χ2n) is 4.78. The van der Waals surface area contributed by atoms with E-state index < -0.39 is 18.0 Å². The number of halogens is 1. The third-order valence-corrected chi connectivity index (χ3v) is 3.26. The summed E-state index contributed by atoms with van der Waals surface area (Å²) in [7, 11) is 0. The van der Waals surface area contributed by atoms with Crippen LogP contribution in [-0.2, 0) is 9.59 Å². The number of rotatable bonds is 7. The summed E-state index contributed by atoms with van der Waals surface area (Å²) >= 11 is 5.36. The molecule has 3 N–H and O–H groups in total. The average molecular weight is 360 g/mol. The molecule has 0 aliphatic carbocycles. The monoisotopic (exact) mass is 359 g/mol. The Morgan fingerprint density at radius 1 is 1.16 bits per heavy atom. The normalized spacial score (nSPS) is 11.9. The second kappa shape index (κ2) is 8.65. The molecule has 0 fully saturated rings. The van der Waals surface area contributed by atoms with Gasteiger partial charge in [-0.1, -0.05) is 18.2 Å². The number of hydrogen-bond donors (Lipinski definition) is 2. The number of nitrogens with zero attached hydrogens (tertiary/aromatic N) is 3. The van der Waals surface area contributed by atoms with Gasteiger partial charge >= 0.3 is 0 Å². The first-order chi connectivity index (χ1) is 12.0. The van der Waals surface area contributed by atoms with Crippen LogP contribution in [0.15, 0.2) is 58.9 Å². The molecule has 1 unspecified atom stereocenters. The Kier molecular flexibility index (Phi) is 6.30. The Labute approximate surface area is 148 Å². The maximum Gasteiger partial charge on any atom is 0.264 e. The van der Waals surface area contributed by atoms with Crippen molar-refractivity contribution in [3.8, 4) is 0 Å². The topological polar surface area (TPSA) is 127 Å². The largest absolute Gasteiger partial charge is 0.366 e. The van der Waals surface area contributed by atoms with Crippen molar-refractivity contribution in [1.82, 2.24) is 10.3 Å². The fourth-order valence-corrected chi connectivity index (χ4v) is 1.93. The summed E-state index contributed by atoms with van der Waals surface area (Å²) in [6.07, 6.45) is 0.117. The highest BCUT2D eigenvalue weighted by Crippen LogP contribution is 2.22. The highest BCUT2D eigenvalue weighted by atomic mass is 35.5. The Hall–Kier alpha value is -3.13. The van der Waals surface area contributed by atoms with Gasteiger partial charge in [0.2, 0.25) is 17.9 Å². The number of amides is 2. The molecule has 0 aliphatic rings. The molecule has 0 bridgehead atoms. The van der Waals surface area contributed by atoms with Gasteiger partial charge < -0.3 is 11.1 Å². The third-order valence-electron chi connectivity index (χ3n) is 3.02. The van der Waals surface area contributed by atoms with Gasteiger partial charge in [-0.25, -0.2) is 0 Å². The zero-order valence-electron chi connectivity index (χ0n) is 12.9. The number of carbonyl (C=O) groups excluding carboxylic acids is 3. The molecule has 1 aromatic heterocycles. The Bertz CT molecular complexity index is 810. The van der Waals surface area contributed by atoms with Gasteiger partial charge in [0.1, 0.15) is 11.6 Å². The molecule has 2 amide bonds. The highest BCUT2D eigenvalue weighted by Gasteiger charge is 2.18. The zero-order valence-corrected chi connectivity index (χ0v) is 13.7. The van der Waals surface area contributed by atoms with E-state index in [0.29, 0.717) is 0 Å². The van der Waals surface area contributed by atoms with E-state index >= 15 is 0 Å². The molecule has 8 nitrogen and oxygen atoms in total. The number of carbonyl (C=O) groups is 3. The minimum absolute atomic E-state index is 0.213. The molecule has 0 aliphatic heterocycles. The average Bonchev–Trinajstić information content (AvgIpc) is 2.65. The minimum atomic E-state index is -1.38. The van der Waals surface area contributed by atoms with Gasteiger partial charge in [0, 0.05) is 6.20 Å². The fraction of sp³-hybridized carbons (Fsp3) is 0.125. The van der Waals surface area contributed by atoms with Crippen LogP contribution in [0.3, 0.4) is 0 Å². The summed E-state index contributed by atoms with van der Waals surface area (Å²) in [6.45, 7) is 0. The molecule has 2 rings (SSSR count). The van der Waals surface area contributed by atoms with Crippen LogP contribution in [0.5, 0.6) is 0 Å². The Morgan fingerprint density at radius 3 is 2.52 bits per heavy atom. The number of nitrogens with two attached hydrogens (primary N) is 1. The lowest BCUT2D eigenvalue weighted by Crippen LogP contribution is -2.43. The second-order valence-corrected chi connectivity index (χ2v) is 5.05. The van der Waals surface area contributed by atoms with E-state index in [2.05, 4.69) is 20.5 Å². The van der Waals surface area contributed by atoms with Crippen LogP contribution in [0.2, 0.25) is 0 Å². The molecule has 0 spiro atoms. The van der Waals surface area contributed by atoms with E-state index in [0.717, 1.165) is 0 Å². The third kappa shape index (κ3) is 4.92. The predicted molar refractivity (Wildman–Crippen MR) is 90.5 cm³/mol. The fourth-order valence-electron chi connectivity index (χ4n) is 1.86. The van der Waals surface area contributed by atoms with E-state index in [4.69, 9.17) is 17.3 Å². The smallest absolute Gasteiger partial charge is 0.264 e. The van der Waals surface area contributed by atoms with Crippen molar-refractivity contribution in [3.63, 3.8) is 0 Å². The van der Waals surface area contributed by atoms with Crippen molar-refractivity contribution >= 4 is 34.9 Å². The summed E-state index contributed by atoms with van der Waals surface area (Å²) < 4.78 is 0.